The molecule has 1 heterocycles. The Morgan fingerprint density at radius 2 is 1.95 bits per heavy atom. The smallest absolute Gasteiger partial charge is 0.292 e. The minimum atomic E-state index is -2.87. The van der Waals surface area contributed by atoms with Gasteiger partial charge in [0.2, 0.25) is 0 Å². The van der Waals surface area contributed by atoms with Crippen LogP contribution >= 0.6 is 10.6 Å². The molecule has 1 aromatic carbocycles. The summed E-state index contributed by atoms with van der Waals surface area (Å²) in [5, 5.41) is 9.71. The zero-order valence-electron chi connectivity index (χ0n) is 12.6. The molecule has 0 bridgehead atoms. The zero-order valence-corrected chi connectivity index (χ0v) is 13.4. The number of aryl methyl sites for hydroxylation is 1. The minimum absolute atomic E-state index is 0.206. The predicted octanol–water partition coefficient (Wildman–Crippen LogP) is 2.90. The van der Waals surface area contributed by atoms with Crippen molar-refractivity contribution >= 4 is 10.6 Å². The maximum Gasteiger partial charge on any atom is 0.292 e. The van der Waals surface area contributed by atoms with Gasteiger partial charge in [-0.15, -0.1) is 0 Å². The molecule has 0 unspecified atom stereocenters. The van der Waals surface area contributed by atoms with Gasteiger partial charge in [-0.3, -0.25) is 13.9 Å². The first-order valence-corrected chi connectivity index (χ1v) is 8.35. The molecule has 2 rings (SSSR count). The maximum atomic E-state index is 11.6. The summed E-state index contributed by atoms with van der Waals surface area (Å²) in [4.78, 5) is 12.0. The van der Waals surface area contributed by atoms with E-state index in [1.165, 1.54) is 24.8 Å². The van der Waals surface area contributed by atoms with Gasteiger partial charge in [0.05, 0.1) is 12.0 Å². The van der Waals surface area contributed by atoms with Gasteiger partial charge < -0.3 is 14.4 Å². The molecular weight excluding hydrogens is 306 g/mol. The van der Waals surface area contributed by atoms with Crippen LogP contribution in [0, 0.1) is 0 Å². The maximum absolute atomic E-state index is 11.6. The molecule has 0 saturated carbocycles. The van der Waals surface area contributed by atoms with Gasteiger partial charge in [-0.25, -0.2) is 0 Å². The van der Waals surface area contributed by atoms with Crippen LogP contribution < -0.4 is 10.3 Å². The van der Waals surface area contributed by atoms with Gasteiger partial charge in [0, 0.05) is 30.1 Å². The highest BCUT2D eigenvalue weighted by Crippen LogP contribution is 2.49. The van der Waals surface area contributed by atoms with E-state index in [1.54, 1.807) is 31.3 Å². The molecule has 0 amide bonds. The van der Waals surface area contributed by atoms with Crippen molar-refractivity contribution in [2.24, 2.45) is 7.05 Å². The fourth-order valence-corrected chi connectivity index (χ4v) is 3.05. The minimum Gasteiger partial charge on any atom is -0.503 e. The quantitative estimate of drug-likeness (QED) is 0.804. The number of benzene rings is 1. The molecular formula is C15H19NO5S. The molecule has 0 aliphatic carbocycles. The molecule has 0 aliphatic rings. The zero-order chi connectivity index (χ0) is 16.5. The van der Waals surface area contributed by atoms with Crippen LogP contribution in [0.4, 0.5) is 0 Å². The molecule has 6 nitrogen and oxygen atoms in total. The summed E-state index contributed by atoms with van der Waals surface area (Å²) >= 11 is 0. The number of hydrogen-bond acceptors (Lipinski definition) is 5. The average molecular weight is 325 g/mol. The first-order chi connectivity index (χ1) is 10.3. The van der Waals surface area contributed by atoms with Crippen LogP contribution in [-0.2, 0) is 7.05 Å². The summed E-state index contributed by atoms with van der Waals surface area (Å²) in [6.45, 7) is 1.69. The van der Waals surface area contributed by atoms with E-state index in [-0.39, 0.29) is 11.5 Å². The van der Waals surface area contributed by atoms with E-state index < -0.39 is 16.1 Å². The highest BCUT2D eigenvalue weighted by atomic mass is 32.3. The highest BCUT2D eigenvalue weighted by Gasteiger charge is 2.17. The molecule has 2 aromatic rings. The Balaban J connectivity index is 2.68. The Morgan fingerprint density at radius 1 is 1.27 bits per heavy atom. The number of methoxy groups -OCH3 is 1. The lowest BCUT2D eigenvalue weighted by molar-refractivity contribution is 0.415. The molecule has 0 radical (unpaired) electrons. The second kappa shape index (κ2) is 6.04. The van der Waals surface area contributed by atoms with Gasteiger partial charge in [0.15, 0.2) is 5.75 Å². The molecule has 120 valence electrons. The number of aromatic hydroxyl groups is 1. The monoisotopic (exact) mass is 325 g/mol. The van der Waals surface area contributed by atoms with E-state index in [9.17, 15) is 19.0 Å². The van der Waals surface area contributed by atoms with Crippen LogP contribution in [0.3, 0.4) is 0 Å². The molecule has 3 N–H and O–H groups in total. The van der Waals surface area contributed by atoms with E-state index in [0.29, 0.717) is 21.8 Å². The lowest BCUT2D eigenvalue weighted by atomic mass is 10.1. The van der Waals surface area contributed by atoms with E-state index >= 15 is 0 Å². The summed E-state index contributed by atoms with van der Waals surface area (Å²) < 4.78 is 26.7. The molecule has 0 fully saturated rings. The van der Waals surface area contributed by atoms with Crippen molar-refractivity contribution < 1.29 is 18.9 Å². The van der Waals surface area contributed by atoms with Crippen LogP contribution in [0.2, 0.25) is 0 Å². The Bertz CT molecular complexity index is 728. The Hall–Kier alpha value is -1.96. The molecule has 0 aliphatic heterocycles. The molecule has 7 heteroatoms. The summed E-state index contributed by atoms with van der Waals surface area (Å²) in [5.74, 6) is 0.333. The second-order valence-electron chi connectivity index (χ2n) is 4.85. The molecule has 0 saturated heterocycles. The van der Waals surface area contributed by atoms with Crippen LogP contribution in [0.25, 0.3) is 11.1 Å². The van der Waals surface area contributed by atoms with Crippen molar-refractivity contribution in [3.05, 3.63) is 40.8 Å². The summed E-state index contributed by atoms with van der Waals surface area (Å²) in [6.07, 6.45) is 1.56. The molecule has 22 heavy (non-hydrogen) atoms. The third kappa shape index (κ3) is 2.96. The van der Waals surface area contributed by atoms with Gasteiger partial charge >= 0.3 is 0 Å². The van der Waals surface area contributed by atoms with Crippen molar-refractivity contribution in [3.8, 4) is 22.6 Å². The van der Waals surface area contributed by atoms with Gasteiger partial charge in [-0.1, -0.05) is 0 Å². The Morgan fingerprint density at radius 3 is 2.50 bits per heavy atom. The van der Waals surface area contributed by atoms with E-state index in [0.717, 1.165) is 0 Å². The first-order valence-electron chi connectivity index (χ1n) is 6.64. The summed E-state index contributed by atoms with van der Waals surface area (Å²) in [6, 6.07) is 6.18. The normalized spacial score (nSPS) is 12.2. The van der Waals surface area contributed by atoms with Crippen LogP contribution in [-0.4, -0.2) is 31.6 Å². The predicted molar refractivity (Wildman–Crippen MR) is 87.0 cm³/mol. The van der Waals surface area contributed by atoms with Crippen molar-refractivity contribution in [2.45, 2.75) is 11.8 Å². The number of hydrogen-bond donors (Lipinski definition) is 3. The lowest BCUT2D eigenvalue weighted by Crippen LogP contribution is -2.15. The van der Waals surface area contributed by atoms with Crippen molar-refractivity contribution in [1.29, 1.82) is 0 Å². The van der Waals surface area contributed by atoms with Crippen molar-refractivity contribution in [1.82, 2.24) is 4.57 Å². The van der Waals surface area contributed by atoms with Crippen molar-refractivity contribution in [2.75, 3.05) is 12.9 Å². The van der Waals surface area contributed by atoms with Gasteiger partial charge in [-0.05, 0) is 31.2 Å². The van der Waals surface area contributed by atoms with Gasteiger partial charge in [0.1, 0.15) is 5.75 Å². The van der Waals surface area contributed by atoms with Crippen LogP contribution in [0.5, 0.6) is 11.5 Å². The lowest BCUT2D eigenvalue weighted by Gasteiger charge is -2.31. The third-order valence-corrected chi connectivity index (χ3v) is 5.24. The van der Waals surface area contributed by atoms with Gasteiger partial charge in [-0.2, -0.15) is 10.6 Å². The third-order valence-electron chi connectivity index (χ3n) is 3.43. The highest BCUT2D eigenvalue weighted by molar-refractivity contribution is 8.24. The summed E-state index contributed by atoms with van der Waals surface area (Å²) in [5.41, 5.74) is 0.612. The average Bonchev–Trinajstić information content (AvgIpc) is 2.51. The number of pyridine rings is 1. The van der Waals surface area contributed by atoms with Gasteiger partial charge in [0.25, 0.3) is 5.56 Å². The number of ether oxygens (including phenoxy) is 1. The second-order valence-corrected chi connectivity index (χ2v) is 7.23. The van der Waals surface area contributed by atoms with Crippen molar-refractivity contribution in [3.63, 3.8) is 0 Å². The molecule has 0 spiro atoms. The van der Waals surface area contributed by atoms with Crippen LogP contribution in [0.15, 0.2) is 40.2 Å². The molecule has 0 atom stereocenters. The van der Waals surface area contributed by atoms with Crippen LogP contribution in [0.1, 0.15) is 6.92 Å². The fraction of sp³-hybridized carbons (Fsp3) is 0.267. The Kier molecular flexibility index (Phi) is 4.50. The van der Waals surface area contributed by atoms with E-state index in [4.69, 9.17) is 4.74 Å². The summed E-state index contributed by atoms with van der Waals surface area (Å²) in [7, 11) is 0.159. The fourth-order valence-electron chi connectivity index (χ4n) is 2.12. The number of aromatic nitrogens is 1. The largest absolute Gasteiger partial charge is 0.503 e. The first kappa shape index (κ1) is 16.4. The standard InChI is InChI=1S/C15H19NO5S/c1-4-22(19,20)11-5-6-14(21-3)12(8-11)10-7-13(17)15(18)16(2)9-10/h5-9,17,19-20H,4H2,1-3H3. The number of rotatable bonds is 4. The Labute approximate surface area is 130 Å². The molecule has 1 aromatic heterocycles. The SMILES string of the molecule is CCS(O)(O)c1ccc(OC)c(-c2cc(O)c(=O)n(C)c2)c1. The van der Waals surface area contributed by atoms with E-state index in [1.807, 2.05) is 0 Å². The topological polar surface area (TPSA) is 91.9 Å². The van der Waals surface area contributed by atoms with E-state index in [2.05, 4.69) is 0 Å². The number of nitrogens with zero attached hydrogens (tertiary/aromatic N) is 1.